The number of rotatable bonds is 3. The SMILES string of the molecule is Cc1ccc(CNc2ccc3c(c2)OCCO3)cc1C. The van der Waals surface area contributed by atoms with Crippen molar-refractivity contribution >= 4 is 5.69 Å². The average Bonchev–Trinajstić information content (AvgIpc) is 2.48. The van der Waals surface area contributed by atoms with Gasteiger partial charge in [-0.2, -0.15) is 0 Å². The standard InChI is InChI=1S/C17H19NO2/c1-12-3-4-14(9-13(12)2)11-18-15-5-6-16-17(10-15)20-8-7-19-16/h3-6,9-10,18H,7-8,11H2,1-2H3. The third kappa shape index (κ3) is 2.72. The van der Waals surface area contributed by atoms with E-state index in [1.165, 1.54) is 16.7 Å². The summed E-state index contributed by atoms with van der Waals surface area (Å²) in [7, 11) is 0. The van der Waals surface area contributed by atoms with Crippen LogP contribution in [-0.2, 0) is 6.54 Å². The molecule has 0 saturated carbocycles. The molecule has 0 aromatic heterocycles. The van der Waals surface area contributed by atoms with Crippen molar-refractivity contribution in [1.82, 2.24) is 0 Å². The van der Waals surface area contributed by atoms with Crippen molar-refractivity contribution in [2.24, 2.45) is 0 Å². The largest absolute Gasteiger partial charge is 0.486 e. The Kier molecular flexibility index (Phi) is 3.50. The summed E-state index contributed by atoms with van der Waals surface area (Å²) in [5.74, 6) is 1.65. The van der Waals surface area contributed by atoms with Gasteiger partial charge in [-0.05, 0) is 42.7 Å². The molecule has 0 amide bonds. The molecule has 0 atom stereocenters. The van der Waals surface area contributed by atoms with Gasteiger partial charge in [0, 0.05) is 18.3 Å². The summed E-state index contributed by atoms with van der Waals surface area (Å²) in [5.41, 5.74) is 4.98. The van der Waals surface area contributed by atoms with E-state index >= 15 is 0 Å². The van der Waals surface area contributed by atoms with Crippen LogP contribution in [0, 0.1) is 13.8 Å². The van der Waals surface area contributed by atoms with E-state index in [4.69, 9.17) is 9.47 Å². The van der Waals surface area contributed by atoms with Gasteiger partial charge in [0.15, 0.2) is 11.5 Å². The molecule has 0 radical (unpaired) electrons. The summed E-state index contributed by atoms with van der Waals surface area (Å²) < 4.78 is 11.1. The van der Waals surface area contributed by atoms with Crippen LogP contribution in [0.2, 0.25) is 0 Å². The first kappa shape index (κ1) is 12.9. The van der Waals surface area contributed by atoms with Crippen LogP contribution in [0.4, 0.5) is 5.69 Å². The second-order valence-electron chi connectivity index (χ2n) is 5.13. The molecule has 1 aliphatic rings. The van der Waals surface area contributed by atoms with Gasteiger partial charge in [-0.1, -0.05) is 18.2 Å². The highest BCUT2D eigenvalue weighted by molar-refractivity contribution is 5.55. The number of aryl methyl sites for hydroxylation is 2. The fraction of sp³-hybridized carbons (Fsp3) is 0.294. The molecule has 3 rings (SSSR count). The number of ether oxygens (including phenoxy) is 2. The lowest BCUT2D eigenvalue weighted by atomic mass is 10.1. The number of benzene rings is 2. The normalized spacial score (nSPS) is 13.1. The van der Waals surface area contributed by atoms with Gasteiger partial charge in [-0.25, -0.2) is 0 Å². The number of nitrogens with one attached hydrogen (secondary N) is 1. The molecule has 3 nitrogen and oxygen atoms in total. The Hall–Kier alpha value is -2.16. The van der Waals surface area contributed by atoms with Gasteiger partial charge < -0.3 is 14.8 Å². The molecule has 0 fully saturated rings. The van der Waals surface area contributed by atoms with Gasteiger partial charge in [-0.3, -0.25) is 0 Å². The van der Waals surface area contributed by atoms with E-state index in [9.17, 15) is 0 Å². The topological polar surface area (TPSA) is 30.5 Å². The first-order valence-electron chi connectivity index (χ1n) is 6.92. The predicted octanol–water partition coefficient (Wildman–Crippen LogP) is 3.69. The Morgan fingerprint density at radius 1 is 0.900 bits per heavy atom. The van der Waals surface area contributed by atoms with Gasteiger partial charge >= 0.3 is 0 Å². The van der Waals surface area contributed by atoms with E-state index in [0.717, 1.165) is 23.7 Å². The predicted molar refractivity (Wildman–Crippen MR) is 80.7 cm³/mol. The molecule has 3 heteroatoms. The minimum absolute atomic E-state index is 0.619. The van der Waals surface area contributed by atoms with Crippen molar-refractivity contribution < 1.29 is 9.47 Å². The quantitative estimate of drug-likeness (QED) is 0.922. The zero-order chi connectivity index (χ0) is 13.9. The van der Waals surface area contributed by atoms with Crippen LogP contribution < -0.4 is 14.8 Å². The van der Waals surface area contributed by atoms with Crippen LogP contribution in [0.15, 0.2) is 36.4 Å². The number of hydrogen-bond donors (Lipinski definition) is 1. The van der Waals surface area contributed by atoms with Crippen LogP contribution in [-0.4, -0.2) is 13.2 Å². The molecule has 2 aromatic rings. The highest BCUT2D eigenvalue weighted by Gasteiger charge is 2.11. The van der Waals surface area contributed by atoms with E-state index in [-0.39, 0.29) is 0 Å². The average molecular weight is 269 g/mol. The maximum absolute atomic E-state index is 5.59. The zero-order valence-corrected chi connectivity index (χ0v) is 11.9. The minimum atomic E-state index is 0.619. The van der Waals surface area contributed by atoms with E-state index in [0.29, 0.717) is 13.2 Å². The molecule has 2 aromatic carbocycles. The number of fused-ring (bicyclic) bond motifs is 1. The molecular weight excluding hydrogens is 250 g/mol. The summed E-state index contributed by atoms with van der Waals surface area (Å²) in [6.45, 7) is 6.33. The summed E-state index contributed by atoms with van der Waals surface area (Å²) >= 11 is 0. The molecule has 0 spiro atoms. The summed E-state index contributed by atoms with van der Waals surface area (Å²) in [5, 5.41) is 3.42. The van der Waals surface area contributed by atoms with Gasteiger partial charge in [0.2, 0.25) is 0 Å². The first-order valence-corrected chi connectivity index (χ1v) is 6.92. The van der Waals surface area contributed by atoms with Gasteiger partial charge in [0.05, 0.1) is 0 Å². The maximum Gasteiger partial charge on any atom is 0.163 e. The van der Waals surface area contributed by atoms with Crippen molar-refractivity contribution in [3.63, 3.8) is 0 Å². The zero-order valence-electron chi connectivity index (χ0n) is 11.9. The molecule has 1 N–H and O–H groups in total. The lowest BCUT2D eigenvalue weighted by Gasteiger charge is -2.19. The maximum atomic E-state index is 5.59. The summed E-state index contributed by atoms with van der Waals surface area (Å²) in [6, 6.07) is 12.5. The van der Waals surface area contributed by atoms with Crippen molar-refractivity contribution in [2.75, 3.05) is 18.5 Å². The van der Waals surface area contributed by atoms with Crippen LogP contribution in [0.25, 0.3) is 0 Å². The van der Waals surface area contributed by atoms with Crippen LogP contribution in [0.3, 0.4) is 0 Å². The molecule has 104 valence electrons. The lowest BCUT2D eigenvalue weighted by molar-refractivity contribution is 0.171. The smallest absolute Gasteiger partial charge is 0.163 e. The van der Waals surface area contributed by atoms with Crippen LogP contribution in [0.5, 0.6) is 11.5 Å². The first-order chi connectivity index (χ1) is 9.72. The van der Waals surface area contributed by atoms with Crippen LogP contribution >= 0.6 is 0 Å². The van der Waals surface area contributed by atoms with E-state index < -0.39 is 0 Å². The van der Waals surface area contributed by atoms with Gasteiger partial charge in [0.25, 0.3) is 0 Å². The van der Waals surface area contributed by atoms with Crippen LogP contribution in [0.1, 0.15) is 16.7 Å². The molecule has 20 heavy (non-hydrogen) atoms. The minimum Gasteiger partial charge on any atom is -0.486 e. The molecule has 0 aliphatic carbocycles. The summed E-state index contributed by atoms with van der Waals surface area (Å²) in [4.78, 5) is 0. The van der Waals surface area contributed by atoms with Gasteiger partial charge in [-0.15, -0.1) is 0 Å². The molecule has 0 unspecified atom stereocenters. The molecule has 1 aliphatic heterocycles. The monoisotopic (exact) mass is 269 g/mol. The van der Waals surface area contributed by atoms with E-state index in [2.05, 4.69) is 37.4 Å². The van der Waals surface area contributed by atoms with Gasteiger partial charge in [0.1, 0.15) is 13.2 Å². The fourth-order valence-electron chi connectivity index (χ4n) is 2.27. The number of hydrogen-bond acceptors (Lipinski definition) is 3. The lowest BCUT2D eigenvalue weighted by Crippen LogP contribution is -2.15. The highest BCUT2D eigenvalue weighted by Crippen LogP contribution is 2.32. The molecule has 0 bridgehead atoms. The molecule has 0 saturated heterocycles. The van der Waals surface area contributed by atoms with Crippen molar-refractivity contribution in [1.29, 1.82) is 0 Å². The second-order valence-corrected chi connectivity index (χ2v) is 5.13. The second kappa shape index (κ2) is 5.45. The Balaban J connectivity index is 1.70. The fourth-order valence-corrected chi connectivity index (χ4v) is 2.27. The van der Waals surface area contributed by atoms with Crippen molar-refractivity contribution in [3.8, 4) is 11.5 Å². The Morgan fingerprint density at radius 3 is 2.50 bits per heavy atom. The molecule has 1 heterocycles. The Morgan fingerprint density at radius 2 is 1.70 bits per heavy atom. The summed E-state index contributed by atoms with van der Waals surface area (Å²) in [6.07, 6.45) is 0. The third-order valence-corrected chi connectivity index (χ3v) is 3.61. The van der Waals surface area contributed by atoms with E-state index in [1.54, 1.807) is 0 Å². The van der Waals surface area contributed by atoms with Crippen molar-refractivity contribution in [3.05, 3.63) is 53.1 Å². The number of anilines is 1. The highest BCUT2D eigenvalue weighted by atomic mass is 16.6. The molecular formula is C17H19NO2. The Bertz CT molecular complexity index is 622. The Labute approximate surface area is 119 Å². The van der Waals surface area contributed by atoms with E-state index in [1.807, 2.05) is 18.2 Å². The van der Waals surface area contributed by atoms with Crippen molar-refractivity contribution in [2.45, 2.75) is 20.4 Å². The third-order valence-electron chi connectivity index (χ3n) is 3.61.